The van der Waals surface area contributed by atoms with E-state index in [-0.39, 0.29) is 6.03 Å². The van der Waals surface area contributed by atoms with Crippen LogP contribution in [0.2, 0.25) is 0 Å². The van der Waals surface area contributed by atoms with E-state index in [2.05, 4.69) is 25.5 Å². The maximum atomic E-state index is 12.3. The Kier molecular flexibility index (Phi) is 4.70. The van der Waals surface area contributed by atoms with Gasteiger partial charge in [-0.1, -0.05) is 6.07 Å². The zero-order chi connectivity index (χ0) is 17.9. The topological polar surface area (TPSA) is 87.4 Å². The van der Waals surface area contributed by atoms with E-state index < -0.39 is 0 Å². The number of benzene rings is 1. The molecule has 3 aromatic rings. The Balaban J connectivity index is 1.31. The highest BCUT2D eigenvalue weighted by Crippen LogP contribution is 2.24. The highest BCUT2D eigenvalue weighted by atomic mass is 32.1. The lowest BCUT2D eigenvalue weighted by Crippen LogP contribution is -2.36. The van der Waals surface area contributed by atoms with Gasteiger partial charge < -0.3 is 15.1 Å². The number of nitrogens with one attached hydrogen (secondary N) is 1. The average molecular weight is 372 g/mol. The molecule has 136 valence electrons. The van der Waals surface area contributed by atoms with Crippen LogP contribution in [0, 0.1) is 0 Å². The highest BCUT2D eigenvalue weighted by molar-refractivity contribution is 7.13. The zero-order valence-electron chi connectivity index (χ0n) is 14.5. The molecule has 0 aliphatic carbocycles. The summed E-state index contributed by atoms with van der Waals surface area (Å²) in [4.78, 5) is 20.9. The van der Waals surface area contributed by atoms with Crippen molar-refractivity contribution in [1.29, 1.82) is 0 Å². The van der Waals surface area contributed by atoms with E-state index in [1.54, 1.807) is 23.3 Å². The molecular weight excluding hydrogens is 352 g/mol. The number of thiazole rings is 1. The molecule has 2 amide bonds. The summed E-state index contributed by atoms with van der Waals surface area (Å²) in [5, 5.41) is 13.6. The van der Waals surface area contributed by atoms with Gasteiger partial charge in [-0.15, -0.1) is 11.3 Å². The number of hydrogen-bond acceptors (Lipinski definition) is 7. The van der Waals surface area contributed by atoms with Crippen molar-refractivity contribution < 1.29 is 9.42 Å². The van der Waals surface area contributed by atoms with Crippen LogP contribution in [-0.4, -0.2) is 46.4 Å². The van der Waals surface area contributed by atoms with Gasteiger partial charge in [0.1, 0.15) is 11.0 Å². The van der Waals surface area contributed by atoms with Crippen LogP contribution in [0.3, 0.4) is 0 Å². The van der Waals surface area contributed by atoms with Gasteiger partial charge in [-0.2, -0.15) is 0 Å². The second-order valence-electron chi connectivity index (χ2n) is 6.42. The maximum absolute atomic E-state index is 12.3. The van der Waals surface area contributed by atoms with E-state index in [9.17, 15) is 4.79 Å². The average Bonchev–Trinajstić information content (AvgIpc) is 3.39. The minimum atomic E-state index is -0.140. The molecule has 2 aromatic heterocycles. The molecule has 3 heterocycles. The van der Waals surface area contributed by atoms with E-state index in [0.717, 1.165) is 29.5 Å². The molecule has 0 radical (unpaired) electrons. The summed E-state index contributed by atoms with van der Waals surface area (Å²) in [6.07, 6.45) is 2.46. The number of rotatable bonds is 5. The molecule has 9 heteroatoms. The lowest BCUT2D eigenvalue weighted by molar-refractivity contribution is 0.206. The summed E-state index contributed by atoms with van der Waals surface area (Å²) in [7, 11) is 1.76. The fourth-order valence-electron chi connectivity index (χ4n) is 3.00. The van der Waals surface area contributed by atoms with E-state index in [1.807, 2.05) is 23.6 Å². The summed E-state index contributed by atoms with van der Waals surface area (Å²) in [6, 6.07) is 5.48. The third-order valence-corrected chi connectivity index (χ3v) is 5.37. The molecule has 0 saturated carbocycles. The third-order valence-electron chi connectivity index (χ3n) is 4.42. The first-order chi connectivity index (χ1) is 12.7. The van der Waals surface area contributed by atoms with Crippen LogP contribution in [0.4, 0.5) is 9.93 Å². The van der Waals surface area contributed by atoms with Gasteiger partial charge in [0.2, 0.25) is 0 Å². The Morgan fingerprint density at radius 1 is 1.31 bits per heavy atom. The van der Waals surface area contributed by atoms with E-state index in [1.165, 1.54) is 12.8 Å². The SMILES string of the molecule is CN(Cc1ccc2nonc2c1)C(=O)NCc1csc(N2CCCC2)n1. The summed E-state index contributed by atoms with van der Waals surface area (Å²) >= 11 is 1.64. The van der Waals surface area contributed by atoms with E-state index in [4.69, 9.17) is 4.63 Å². The van der Waals surface area contributed by atoms with Crippen molar-refractivity contribution >= 4 is 33.5 Å². The molecule has 1 saturated heterocycles. The largest absolute Gasteiger partial charge is 0.348 e. The molecule has 1 aromatic carbocycles. The molecule has 1 fully saturated rings. The standard InChI is InChI=1S/C17H20N6O2S/c1-22(10-12-4-5-14-15(8-12)21-25-20-14)16(24)18-9-13-11-26-17(19-13)23-6-2-3-7-23/h4-5,8,11H,2-3,6-7,9-10H2,1H3,(H,18,24). The van der Waals surface area contributed by atoms with Gasteiger partial charge in [0.25, 0.3) is 0 Å². The predicted molar refractivity (Wildman–Crippen MR) is 99.1 cm³/mol. The lowest BCUT2D eigenvalue weighted by Gasteiger charge is -2.17. The Morgan fingerprint density at radius 3 is 2.96 bits per heavy atom. The molecule has 0 bridgehead atoms. The number of fused-ring (bicyclic) bond motifs is 1. The monoisotopic (exact) mass is 372 g/mol. The van der Waals surface area contributed by atoms with Gasteiger partial charge in [0.05, 0.1) is 12.2 Å². The molecule has 26 heavy (non-hydrogen) atoms. The second kappa shape index (κ2) is 7.28. The number of anilines is 1. The van der Waals surface area contributed by atoms with Crippen molar-refractivity contribution in [3.8, 4) is 0 Å². The molecule has 0 spiro atoms. The number of nitrogens with zero attached hydrogens (tertiary/aromatic N) is 5. The molecule has 1 aliphatic rings. The Bertz CT molecular complexity index is 901. The number of aromatic nitrogens is 3. The molecule has 4 rings (SSSR count). The van der Waals surface area contributed by atoms with E-state index in [0.29, 0.717) is 24.1 Å². The van der Waals surface area contributed by atoms with Gasteiger partial charge in [0, 0.05) is 32.1 Å². The second-order valence-corrected chi connectivity index (χ2v) is 7.25. The minimum absolute atomic E-state index is 0.140. The Labute approximate surface area is 154 Å². The number of carbonyl (C=O) groups is 1. The Hall–Kier alpha value is -2.68. The predicted octanol–water partition coefficient (Wildman–Crippen LogP) is 2.62. The van der Waals surface area contributed by atoms with Crippen molar-refractivity contribution in [3.05, 3.63) is 34.8 Å². The summed E-state index contributed by atoms with van der Waals surface area (Å²) < 4.78 is 4.70. The number of hydrogen-bond donors (Lipinski definition) is 1. The minimum Gasteiger partial charge on any atom is -0.348 e. The quantitative estimate of drug-likeness (QED) is 0.741. The van der Waals surface area contributed by atoms with Crippen LogP contribution in [-0.2, 0) is 13.1 Å². The van der Waals surface area contributed by atoms with Gasteiger partial charge in [-0.05, 0) is 40.9 Å². The van der Waals surface area contributed by atoms with Gasteiger partial charge in [-0.3, -0.25) is 0 Å². The van der Waals surface area contributed by atoms with Crippen LogP contribution >= 0.6 is 11.3 Å². The molecule has 8 nitrogen and oxygen atoms in total. The molecular formula is C17H20N6O2S. The molecule has 0 unspecified atom stereocenters. The van der Waals surface area contributed by atoms with Gasteiger partial charge in [0.15, 0.2) is 5.13 Å². The molecule has 0 atom stereocenters. The molecule has 1 aliphatic heterocycles. The highest BCUT2D eigenvalue weighted by Gasteiger charge is 2.16. The fraction of sp³-hybridized carbons (Fsp3) is 0.412. The molecule has 1 N–H and O–H groups in total. The number of amides is 2. The van der Waals surface area contributed by atoms with Crippen molar-refractivity contribution in [2.75, 3.05) is 25.0 Å². The maximum Gasteiger partial charge on any atom is 0.317 e. The first-order valence-electron chi connectivity index (χ1n) is 8.58. The van der Waals surface area contributed by atoms with Crippen molar-refractivity contribution in [1.82, 2.24) is 25.5 Å². The summed E-state index contributed by atoms with van der Waals surface area (Å²) in [5.41, 5.74) is 3.26. The summed E-state index contributed by atoms with van der Waals surface area (Å²) in [5.74, 6) is 0. The summed E-state index contributed by atoms with van der Waals surface area (Å²) in [6.45, 7) is 3.06. The van der Waals surface area contributed by atoms with Crippen LogP contribution in [0.1, 0.15) is 24.1 Å². The van der Waals surface area contributed by atoms with Gasteiger partial charge in [-0.25, -0.2) is 14.4 Å². The van der Waals surface area contributed by atoms with Crippen molar-refractivity contribution in [2.45, 2.75) is 25.9 Å². The van der Waals surface area contributed by atoms with Crippen molar-refractivity contribution in [3.63, 3.8) is 0 Å². The third kappa shape index (κ3) is 3.62. The zero-order valence-corrected chi connectivity index (χ0v) is 15.3. The first kappa shape index (κ1) is 16.8. The fourth-order valence-corrected chi connectivity index (χ4v) is 3.88. The normalized spacial score (nSPS) is 14.1. The van der Waals surface area contributed by atoms with E-state index >= 15 is 0 Å². The number of carbonyl (C=O) groups excluding carboxylic acids is 1. The van der Waals surface area contributed by atoms with Gasteiger partial charge >= 0.3 is 6.03 Å². The van der Waals surface area contributed by atoms with Crippen LogP contribution < -0.4 is 10.2 Å². The smallest absolute Gasteiger partial charge is 0.317 e. The van der Waals surface area contributed by atoms with Crippen LogP contribution in [0.15, 0.2) is 28.2 Å². The van der Waals surface area contributed by atoms with Crippen molar-refractivity contribution in [2.24, 2.45) is 0 Å². The number of urea groups is 1. The lowest BCUT2D eigenvalue weighted by atomic mass is 10.2. The Morgan fingerprint density at radius 2 is 2.12 bits per heavy atom. The van der Waals surface area contributed by atoms with Crippen LogP contribution in [0.25, 0.3) is 11.0 Å². The first-order valence-corrected chi connectivity index (χ1v) is 9.46. The van der Waals surface area contributed by atoms with Crippen LogP contribution in [0.5, 0.6) is 0 Å².